The fourth-order valence-corrected chi connectivity index (χ4v) is 5.02. The van der Waals surface area contributed by atoms with Crippen LogP contribution in [0.4, 0.5) is 4.39 Å². The number of hydrogen-bond acceptors (Lipinski definition) is 4. The van der Waals surface area contributed by atoms with Crippen LogP contribution in [0.15, 0.2) is 24.3 Å². The van der Waals surface area contributed by atoms with Gasteiger partial charge in [0.1, 0.15) is 42.7 Å². The molecule has 2 aromatic heterocycles. The van der Waals surface area contributed by atoms with Crippen molar-refractivity contribution >= 4 is 16.3 Å². The molecule has 0 aliphatic carbocycles. The van der Waals surface area contributed by atoms with Crippen molar-refractivity contribution in [1.29, 1.82) is 0 Å². The maximum atomic E-state index is 13.5. The van der Waals surface area contributed by atoms with E-state index >= 15 is 0 Å². The van der Waals surface area contributed by atoms with E-state index in [0.717, 1.165) is 43.2 Å². The van der Waals surface area contributed by atoms with Gasteiger partial charge in [-0.1, -0.05) is 11.3 Å². The maximum absolute atomic E-state index is 13.5. The Bertz CT molecular complexity index is 898. The van der Waals surface area contributed by atoms with Crippen molar-refractivity contribution in [2.24, 2.45) is 0 Å². The summed E-state index contributed by atoms with van der Waals surface area (Å²) in [5.41, 5.74) is 1.01. The second kappa shape index (κ2) is 6.94. The molecule has 0 radical (unpaired) electrons. The van der Waals surface area contributed by atoms with E-state index in [1.165, 1.54) is 32.9 Å². The number of benzene rings is 1. The molecule has 1 aliphatic heterocycles. The Morgan fingerprint density at radius 3 is 2.54 bits per heavy atom. The molecule has 138 valence electrons. The second-order valence-electron chi connectivity index (χ2n) is 6.89. The summed E-state index contributed by atoms with van der Waals surface area (Å²) >= 11 is 1.47. The van der Waals surface area contributed by atoms with Crippen LogP contribution >= 0.6 is 11.3 Å². The Morgan fingerprint density at radius 2 is 1.92 bits per heavy atom. The van der Waals surface area contributed by atoms with Gasteiger partial charge in [-0.2, -0.15) is 4.52 Å². The van der Waals surface area contributed by atoms with Crippen LogP contribution in [0.2, 0.25) is 0 Å². The van der Waals surface area contributed by atoms with Crippen LogP contribution in [-0.2, 0) is 0 Å². The number of thiazole rings is 1. The molecular weight excluding hydrogens is 353 g/mol. The van der Waals surface area contributed by atoms with E-state index in [2.05, 4.69) is 17.0 Å². The summed E-state index contributed by atoms with van der Waals surface area (Å²) in [7, 11) is 0. The molecule has 1 aromatic carbocycles. The zero-order valence-electron chi connectivity index (χ0n) is 15.0. The molecule has 3 aromatic rings. The van der Waals surface area contributed by atoms with Crippen LogP contribution in [0.3, 0.4) is 0 Å². The number of fused-ring (bicyclic) bond motifs is 1. The summed E-state index contributed by atoms with van der Waals surface area (Å²) in [5.74, 6) is 0.548. The van der Waals surface area contributed by atoms with Gasteiger partial charge in [0, 0.05) is 5.56 Å². The molecule has 1 fully saturated rings. The highest BCUT2D eigenvalue weighted by atomic mass is 32.1. The SMILES string of the molecule is CC[NH+]1CC[NH+]([C@@H](c2ccc(F)cc2)c2sc3nc(C)nn3c2O)CC1. The molecule has 6 nitrogen and oxygen atoms in total. The third-order valence-corrected chi connectivity index (χ3v) is 6.36. The first kappa shape index (κ1) is 17.4. The predicted molar refractivity (Wildman–Crippen MR) is 97.4 cm³/mol. The number of quaternary nitrogens is 2. The van der Waals surface area contributed by atoms with Crippen molar-refractivity contribution in [1.82, 2.24) is 14.6 Å². The van der Waals surface area contributed by atoms with Gasteiger partial charge < -0.3 is 14.9 Å². The van der Waals surface area contributed by atoms with Gasteiger partial charge in [0.25, 0.3) is 0 Å². The zero-order valence-corrected chi connectivity index (χ0v) is 15.8. The zero-order chi connectivity index (χ0) is 18.3. The molecule has 26 heavy (non-hydrogen) atoms. The predicted octanol–water partition coefficient (Wildman–Crippen LogP) is -0.163. The first-order chi connectivity index (χ1) is 12.6. The first-order valence-electron chi connectivity index (χ1n) is 9.05. The van der Waals surface area contributed by atoms with Crippen LogP contribution in [0.1, 0.15) is 29.2 Å². The Morgan fingerprint density at radius 1 is 1.23 bits per heavy atom. The Balaban J connectivity index is 1.75. The van der Waals surface area contributed by atoms with Crippen molar-refractivity contribution in [3.05, 3.63) is 46.3 Å². The molecule has 0 bridgehead atoms. The van der Waals surface area contributed by atoms with Crippen molar-refractivity contribution < 1.29 is 19.3 Å². The number of aromatic nitrogens is 3. The third kappa shape index (κ3) is 3.08. The highest BCUT2D eigenvalue weighted by Crippen LogP contribution is 2.35. The molecule has 4 rings (SSSR count). The van der Waals surface area contributed by atoms with Crippen LogP contribution in [0.25, 0.3) is 4.96 Å². The normalized spacial score (nSPS) is 22.0. The van der Waals surface area contributed by atoms with E-state index in [1.807, 2.05) is 19.1 Å². The van der Waals surface area contributed by atoms with E-state index in [-0.39, 0.29) is 17.7 Å². The van der Waals surface area contributed by atoms with Gasteiger partial charge in [0.15, 0.2) is 6.04 Å². The van der Waals surface area contributed by atoms with Crippen LogP contribution < -0.4 is 9.80 Å². The highest BCUT2D eigenvalue weighted by molar-refractivity contribution is 7.17. The summed E-state index contributed by atoms with van der Waals surface area (Å²) in [6.07, 6.45) is 0. The second-order valence-corrected chi connectivity index (χ2v) is 7.90. The van der Waals surface area contributed by atoms with Gasteiger partial charge in [-0.25, -0.2) is 9.37 Å². The number of aromatic hydroxyl groups is 1. The molecule has 1 saturated heterocycles. The van der Waals surface area contributed by atoms with Gasteiger partial charge in [-0.3, -0.25) is 0 Å². The van der Waals surface area contributed by atoms with E-state index in [1.54, 1.807) is 4.90 Å². The van der Waals surface area contributed by atoms with Crippen LogP contribution in [0, 0.1) is 12.7 Å². The summed E-state index contributed by atoms with van der Waals surface area (Å²) < 4.78 is 15.0. The van der Waals surface area contributed by atoms with Crippen molar-refractivity contribution in [2.45, 2.75) is 19.9 Å². The average molecular weight is 377 g/mol. The molecule has 0 saturated carbocycles. The molecular formula is C18H24FN5OS+2. The van der Waals surface area contributed by atoms with Gasteiger partial charge in [-0.15, -0.1) is 5.10 Å². The lowest BCUT2D eigenvalue weighted by Gasteiger charge is -2.34. The topological polar surface area (TPSA) is 59.3 Å². The molecule has 3 N–H and O–H groups in total. The minimum Gasteiger partial charge on any atom is -0.492 e. The van der Waals surface area contributed by atoms with E-state index < -0.39 is 0 Å². The third-order valence-electron chi connectivity index (χ3n) is 5.28. The fourth-order valence-electron chi connectivity index (χ4n) is 3.83. The molecule has 0 unspecified atom stereocenters. The maximum Gasteiger partial charge on any atom is 0.235 e. The Labute approximate surface area is 155 Å². The number of nitrogens with one attached hydrogen (secondary N) is 2. The smallest absolute Gasteiger partial charge is 0.235 e. The number of piperazine rings is 1. The average Bonchev–Trinajstić information content (AvgIpc) is 3.15. The van der Waals surface area contributed by atoms with E-state index in [4.69, 9.17) is 0 Å². The Kier molecular flexibility index (Phi) is 4.64. The van der Waals surface area contributed by atoms with Gasteiger partial charge >= 0.3 is 0 Å². The van der Waals surface area contributed by atoms with Crippen LogP contribution in [-0.4, -0.2) is 52.4 Å². The summed E-state index contributed by atoms with van der Waals surface area (Å²) in [6.45, 7) is 9.39. The number of nitrogens with zero attached hydrogens (tertiary/aromatic N) is 3. The fraction of sp³-hybridized carbons (Fsp3) is 0.444. The van der Waals surface area contributed by atoms with Gasteiger partial charge in [0.05, 0.1) is 6.54 Å². The minimum absolute atomic E-state index is 0.0391. The minimum atomic E-state index is -0.245. The molecule has 8 heteroatoms. The highest BCUT2D eigenvalue weighted by Gasteiger charge is 2.35. The number of likely N-dealkylation sites (N-methyl/N-ethyl adjacent to an activating group) is 1. The van der Waals surface area contributed by atoms with Crippen molar-refractivity contribution in [3.63, 3.8) is 0 Å². The lowest BCUT2D eigenvalue weighted by atomic mass is 10.0. The summed E-state index contributed by atoms with van der Waals surface area (Å²) in [6, 6.07) is 6.60. The van der Waals surface area contributed by atoms with Crippen LogP contribution in [0.5, 0.6) is 5.88 Å². The lowest BCUT2D eigenvalue weighted by molar-refractivity contribution is -1.02. The van der Waals surface area contributed by atoms with E-state index in [0.29, 0.717) is 10.8 Å². The quantitative estimate of drug-likeness (QED) is 0.592. The molecule has 1 atom stereocenters. The lowest BCUT2D eigenvalue weighted by Crippen LogP contribution is -3.28. The largest absolute Gasteiger partial charge is 0.492 e. The van der Waals surface area contributed by atoms with E-state index in [9.17, 15) is 9.50 Å². The molecule has 0 amide bonds. The summed E-state index contributed by atoms with van der Waals surface area (Å²) in [4.78, 5) is 8.93. The Hall–Kier alpha value is -2.03. The summed E-state index contributed by atoms with van der Waals surface area (Å²) in [5, 5.41) is 15.1. The molecule has 1 aliphatic rings. The first-order valence-corrected chi connectivity index (χ1v) is 9.87. The number of halogens is 1. The molecule has 3 heterocycles. The van der Waals surface area contributed by atoms with Gasteiger partial charge in [-0.05, 0) is 38.1 Å². The standard InChI is InChI=1S/C18H22FN5OS/c1-3-22-8-10-23(11-9-22)15(13-4-6-14(19)7-5-13)16-17(25)24-18(26-16)20-12(2)21-24/h4-7,15,25H,3,8-11H2,1-2H3/p+2/t15-/m0/s1. The van der Waals surface area contributed by atoms with Crippen molar-refractivity contribution in [2.75, 3.05) is 32.7 Å². The van der Waals surface area contributed by atoms with Crippen molar-refractivity contribution in [3.8, 4) is 5.88 Å². The number of rotatable bonds is 4. The molecule has 0 spiro atoms. The van der Waals surface area contributed by atoms with Gasteiger partial charge in [0.2, 0.25) is 10.8 Å². The number of hydrogen-bond donors (Lipinski definition) is 3. The monoisotopic (exact) mass is 377 g/mol. The number of aryl methyl sites for hydroxylation is 1.